The molecule has 9 heteroatoms. The first-order valence-electron chi connectivity index (χ1n) is 18.4. The highest BCUT2D eigenvalue weighted by atomic mass is 16.7. The minimum Gasteiger partial charge on any atom is -0.394 e. The number of allylic oxidation sites excluding steroid dienone is 2. The molecule has 0 radical (unpaired) electrons. The third-order valence-corrected chi connectivity index (χ3v) is 8.87. The first-order chi connectivity index (χ1) is 21.8. The number of carbonyl (C=O) groups is 1. The molecule has 0 saturated carbocycles. The summed E-state index contributed by atoms with van der Waals surface area (Å²) in [5, 5.41) is 53.9. The fraction of sp³-hybridized carbons (Fsp3) is 0.917. The van der Waals surface area contributed by atoms with Gasteiger partial charge in [0.25, 0.3) is 0 Å². The lowest BCUT2D eigenvalue weighted by atomic mass is 9.99. The van der Waals surface area contributed by atoms with Gasteiger partial charge in [-0.1, -0.05) is 122 Å². The summed E-state index contributed by atoms with van der Waals surface area (Å²) in [4.78, 5) is 12.8. The zero-order chi connectivity index (χ0) is 33.1. The van der Waals surface area contributed by atoms with Gasteiger partial charge in [0.1, 0.15) is 24.4 Å². The molecule has 266 valence electrons. The molecule has 6 N–H and O–H groups in total. The Labute approximate surface area is 274 Å². The zero-order valence-electron chi connectivity index (χ0n) is 28.6. The number of nitrogens with one attached hydrogen (secondary N) is 1. The summed E-state index contributed by atoms with van der Waals surface area (Å²) in [6, 6.07) is -0.726. The van der Waals surface area contributed by atoms with Crippen molar-refractivity contribution >= 4 is 5.91 Å². The molecular formula is C36H69NO8. The van der Waals surface area contributed by atoms with E-state index in [1.165, 1.54) is 83.5 Å². The van der Waals surface area contributed by atoms with Crippen LogP contribution in [0, 0.1) is 0 Å². The van der Waals surface area contributed by atoms with E-state index in [1.807, 2.05) is 0 Å². The fourth-order valence-electron chi connectivity index (χ4n) is 5.80. The molecule has 1 aliphatic rings. The summed E-state index contributed by atoms with van der Waals surface area (Å²) in [5.41, 5.74) is 0. The Balaban J connectivity index is 2.47. The van der Waals surface area contributed by atoms with Crippen molar-refractivity contribution in [3.63, 3.8) is 0 Å². The number of hydrogen-bond donors (Lipinski definition) is 6. The summed E-state index contributed by atoms with van der Waals surface area (Å²) in [6.07, 6.45) is 20.8. The molecule has 0 aromatic carbocycles. The lowest BCUT2D eigenvalue weighted by Crippen LogP contribution is -2.60. The third-order valence-electron chi connectivity index (χ3n) is 8.87. The Bertz CT molecular complexity index is 721. The van der Waals surface area contributed by atoms with Crippen molar-refractivity contribution in [3.05, 3.63) is 12.2 Å². The second-order valence-electron chi connectivity index (χ2n) is 13.0. The van der Waals surface area contributed by atoms with Crippen LogP contribution in [0.15, 0.2) is 12.2 Å². The topological polar surface area (TPSA) is 149 Å². The number of ether oxygens (including phenoxy) is 2. The van der Waals surface area contributed by atoms with Crippen LogP contribution in [0.25, 0.3) is 0 Å². The molecule has 9 nitrogen and oxygen atoms in total. The van der Waals surface area contributed by atoms with Crippen LogP contribution in [0.5, 0.6) is 0 Å². The number of rotatable bonds is 29. The van der Waals surface area contributed by atoms with Crippen molar-refractivity contribution in [2.24, 2.45) is 0 Å². The van der Waals surface area contributed by atoms with Gasteiger partial charge in [-0.3, -0.25) is 4.79 Å². The highest BCUT2D eigenvalue weighted by Crippen LogP contribution is 2.23. The normalized spacial score (nSPS) is 23.4. The molecule has 0 bridgehead atoms. The van der Waals surface area contributed by atoms with Crippen LogP contribution in [-0.2, 0) is 14.3 Å². The maximum absolute atomic E-state index is 12.8. The molecule has 1 amide bonds. The van der Waals surface area contributed by atoms with Gasteiger partial charge in [-0.05, 0) is 38.5 Å². The number of aliphatic hydroxyl groups excluding tert-OH is 5. The maximum Gasteiger partial charge on any atom is 0.220 e. The molecule has 7 atom stereocenters. The quantitative estimate of drug-likeness (QED) is 0.0441. The van der Waals surface area contributed by atoms with Gasteiger partial charge in [0.15, 0.2) is 6.29 Å². The first kappa shape index (κ1) is 42.0. The van der Waals surface area contributed by atoms with Crippen LogP contribution in [0.2, 0.25) is 0 Å². The fourth-order valence-corrected chi connectivity index (χ4v) is 5.80. The predicted molar refractivity (Wildman–Crippen MR) is 180 cm³/mol. The molecule has 0 aromatic heterocycles. The molecule has 45 heavy (non-hydrogen) atoms. The largest absolute Gasteiger partial charge is 0.394 e. The summed E-state index contributed by atoms with van der Waals surface area (Å²) in [5.74, 6) is -0.160. The van der Waals surface area contributed by atoms with Crippen LogP contribution >= 0.6 is 0 Å². The van der Waals surface area contributed by atoms with Crippen molar-refractivity contribution in [1.82, 2.24) is 5.32 Å². The first-order valence-corrected chi connectivity index (χ1v) is 18.4. The molecular weight excluding hydrogens is 574 g/mol. The van der Waals surface area contributed by atoms with Crippen molar-refractivity contribution in [1.29, 1.82) is 0 Å². The molecule has 1 aliphatic heterocycles. The Morgan fingerprint density at radius 2 is 1.24 bits per heavy atom. The average Bonchev–Trinajstić information content (AvgIpc) is 3.04. The molecule has 0 spiro atoms. The monoisotopic (exact) mass is 644 g/mol. The van der Waals surface area contributed by atoms with Crippen LogP contribution in [-0.4, -0.2) is 87.5 Å². The van der Waals surface area contributed by atoms with Crippen molar-refractivity contribution in [2.75, 3.05) is 13.2 Å². The van der Waals surface area contributed by atoms with E-state index in [0.29, 0.717) is 12.8 Å². The minimum atomic E-state index is -1.55. The average molecular weight is 644 g/mol. The maximum atomic E-state index is 12.8. The molecule has 1 saturated heterocycles. The Hall–Kier alpha value is -1.07. The summed E-state index contributed by atoms with van der Waals surface area (Å²) in [7, 11) is 0. The van der Waals surface area contributed by atoms with Crippen LogP contribution in [0.3, 0.4) is 0 Å². The van der Waals surface area contributed by atoms with Crippen LogP contribution in [0.4, 0.5) is 0 Å². The lowest BCUT2D eigenvalue weighted by molar-refractivity contribution is -0.302. The number of carbonyl (C=O) groups excluding carboxylic acids is 1. The van der Waals surface area contributed by atoms with E-state index >= 15 is 0 Å². The zero-order valence-corrected chi connectivity index (χ0v) is 28.6. The molecule has 1 fully saturated rings. The Kier molecular flexibility index (Phi) is 26.1. The van der Waals surface area contributed by atoms with Crippen molar-refractivity contribution < 1.29 is 39.8 Å². The Morgan fingerprint density at radius 1 is 0.733 bits per heavy atom. The highest BCUT2D eigenvalue weighted by molar-refractivity contribution is 5.76. The second-order valence-corrected chi connectivity index (χ2v) is 13.0. The van der Waals surface area contributed by atoms with E-state index in [9.17, 15) is 30.3 Å². The van der Waals surface area contributed by atoms with Gasteiger partial charge in [0, 0.05) is 6.42 Å². The molecule has 1 heterocycles. The van der Waals surface area contributed by atoms with Gasteiger partial charge in [-0.15, -0.1) is 0 Å². The summed E-state index contributed by atoms with van der Waals surface area (Å²) in [6.45, 7) is 3.75. The number of hydrogen-bond acceptors (Lipinski definition) is 8. The van der Waals surface area contributed by atoms with Gasteiger partial charge in [-0.2, -0.15) is 0 Å². The van der Waals surface area contributed by atoms with Gasteiger partial charge >= 0.3 is 0 Å². The van der Waals surface area contributed by atoms with Crippen molar-refractivity contribution in [3.8, 4) is 0 Å². The summed E-state index contributed by atoms with van der Waals surface area (Å²) >= 11 is 0. The number of unbranched alkanes of at least 4 members (excludes halogenated alkanes) is 17. The van der Waals surface area contributed by atoms with Gasteiger partial charge in [0.05, 0.1) is 25.4 Å². The van der Waals surface area contributed by atoms with Gasteiger partial charge < -0.3 is 40.3 Å². The molecule has 0 aromatic rings. The van der Waals surface area contributed by atoms with Gasteiger partial charge in [-0.25, -0.2) is 0 Å². The standard InChI is InChI=1S/C36H69NO8/c1-3-5-7-9-11-13-14-15-16-18-19-21-23-25-30(39)29(28-44-36-35(43)34(42)33(41)31(27-38)45-36)37-32(40)26-24-22-20-17-12-10-8-6-4-2/h16,18,29-31,33-36,38-39,41-43H,3-15,17,19-28H2,1-2H3,(H,37,40)/b18-16+/t29-,30+,31+,33+,34?,35?,36+/m0/s1. The second kappa shape index (κ2) is 28.0. The summed E-state index contributed by atoms with van der Waals surface area (Å²) < 4.78 is 11.2. The predicted octanol–water partition coefficient (Wildman–Crippen LogP) is 5.83. The lowest BCUT2D eigenvalue weighted by Gasteiger charge is -2.40. The van der Waals surface area contributed by atoms with Crippen LogP contribution in [0.1, 0.15) is 155 Å². The van der Waals surface area contributed by atoms with E-state index in [4.69, 9.17) is 9.47 Å². The van der Waals surface area contributed by atoms with E-state index in [1.54, 1.807) is 0 Å². The third kappa shape index (κ3) is 20.0. The van der Waals surface area contributed by atoms with Crippen molar-refractivity contribution in [2.45, 2.75) is 198 Å². The van der Waals surface area contributed by atoms with Gasteiger partial charge in [0.2, 0.25) is 5.91 Å². The van der Waals surface area contributed by atoms with Crippen LogP contribution < -0.4 is 5.32 Å². The minimum absolute atomic E-state index is 0.147. The Morgan fingerprint density at radius 3 is 1.80 bits per heavy atom. The van der Waals surface area contributed by atoms with E-state index in [-0.39, 0.29) is 12.5 Å². The molecule has 2 unspecified atom stereocenters. The van der Waals surface area contributed by atoms with E-state index in [2.05, 4.69) is 31.3 Å². The van der Waals surface area contributed by atoms with E-state index < -0.39 is 49.5 Å². The molecule has 1 rings (SSSR count). The molecule has 0 aliphatic carbocycles. The highest BCUT2D eigenvalue weighted by Gasteiger charge is 2.44. The number of aliphatic hydroxyl groups is 5. The SMILES string of the molecule is CCCCCCCCC/C=C/CCCC[C@@H](O)[C@H](CO[C@@H]1O[C@H](CO)[C@@H](O)C(O)C1O)NC(=O)CCCCCCCCCCC. The smallest absolute Gasteiger partial charge is 0.220 e. The number of amides is 1. The van der Waals surface area contributed by atoms with E-state index in [0.717, 1.165) is 44.9 Å².